The SMILES string of the molecule is CS(=O)(=O)C[C@@H](c1ccc(CNCC2COc3ccccc3O2)cc1)C(F)(F)F. The highest BCUT2D eigenvalue weighted by Gasteiger charge is 2.42. The van der Waals surface area contributed by atoms with E-state index in [0.717, 1.165) is 11.8 Å². The molecule has 2 atom stereocenters. The monoisotopic (exact) mass is 429 g/mol. The summed E-state index contributed by atoms with van der Waals surface area (Å²) in [4.78, 5) is 0. The highest BCUT2D eigenvalue weighted by atomic mass is 32.2. The fourth-order valence-corrected chi connectivity index (χ4v) is 4.08. The lowest BCUT2D eigenvalue weighted by Gasteiger charge is -2.26. The van der Waals surface area contributed by atoms with Crippen LogP contribution in [0.2, 0.25) is 0 Å². The zero-order valence-corrected chi connectivity index (χ0v) is 16.6. The molecule has 0 aromatic heterocycles. The average molecular weight is 429 g/mol. The van der Waals surface area contributed by atoms with Gasteiger partial charge in [-0.25, -0.2) is 8.42 Å². The molecule has 2 aromatic rings. The minimum atomic E-state index is -4.63. The van der Waals surface area contributed by atoms with E-state index in [4.69, 9.17) is 9.47 Å². The third kappa shape index (κ3) is 6.11. The van der Waals surface area contributed by atoms with Crippen molar-refractivity contribution < 1.29 is 31.1 Å². The molecule has 0 saturated heterocycles. The molecule has 0 saturated carbocycles. The largest absolute Gasteiger partial charge is 0.486 e. The first-order valence-corrected chi connectivity index (χ1v) is 11.1. The molecule has 0 bridgehead atoms. The topological polar surface area (TPSA) is 64.6 Å². The molecule has 0 amide bonds. The number of fused-ring (bicyclic) bond motifs is 1. The second-order valence-corrected chi connectivity index (χ2v) is 9.24. The number of para-hydroxylation sites is 2. The van der Waals surface area contributed by atoms with Crippen LogP contribution in [0.1, 0.15) is 17.0 Å². The zero-order chi connectivity index (χ0) is 21.1. The van der Waals surface area contributed by atoms with Crippen LogP contribution in [0.4, 0.5) is 13.2 Å². The van der Waals surface area contributed by atoms with Crippen molar-refractivity contribution >= 4 is 9.84 Å². The number of sulfone groups is 1. The number of hydrogen-bond acceptors (Lipinski definition) is 5. The summed E-state index contributed by atoms with van der Waals surface area (Å²) >= 11 is 0. The maximum absolute atomic E-state index is 13.2. The van der Waals surface area contributed by atoms with Gasteiger partial charge in [0.1, 0.15) is 22.5 Å². The lowest BCUT2D eigenvalue weighted by Crippen LogP contribution is -2.38. The molecular weight excluding hydrogens is 407 g/mol. The number of ether oxygens (including phenoxy) is 2. The summed E-state index contributed by atoms with van der Waals surface area (Å²) in [6.07, 6.45) is -4.00. The number of alkyl halides is 3. The van der Waals surface area contributed by atoms with Gasteiger partial charge in [-0.15, -0.1) is 0 Å². The molecule has 1 unspecified atom stereocenters. The van der Waals surface area contributed by atoms with E-state index in [-0.39, 0.29) is 11.7 Å². The number of nitrogens with one attached hydrogen (secondary N) is 1. The van der Waals surface area contributed by atoms with E-state index in [9.17, 15) is 21.6 Å². The van der Waals surface area contributed by atoms with Crippen molar-refractivity contribution in [3.8, 4) is 11.5 Å². The van der Waals surface area contributed by atoms with Crippen molar-refractivity contribution in [2.45, 2.75) is 24.7 Å². The fraction of sp³-hybridized carbons (Fsp3) is 0.400. The molecule has 5 nitrogen and oxygen atoms in total. The molecule has 1 aliphatic rings. The Morgan fingerprint density at radius 3 is 2.38 bits per heavy atom. The number of hydrogen-bond donors (Lipinski definition) is 1. The standard InChI is InChI=1S/C20H22F3NO4S/c1-29(25,26)13-17(20(21,22)23)15-8-6-14(7-9-15)10-24-11-16-12-27-18-4-2-3-5-19(18)28-16/h2-9,16-17,24H,10-13H2,1H3/t16?,17-/m0/s1. The second kappa shape index (κ2) is 8.62. The van der Waals surface area contributed by atoms with Gasteiger partial charge in [0.15, 0.2) is 11.5 Å². The van der Waals surface area contributed by atoms with Crippen molar-refractivity contribution in [1.82, 2.24) is 5.32 Å². The van der Waals surface area contributed by atoms with Gasteiger partial charge in [-0.2, -0.15) is 13.2 Å². The van der Waals surface area contributed by atoms with Crippen LogP contribution in [0.3, 0.4) is 0 Å². The Morgan fingerprint density at radius 1 is 1.10 bits per heavy atom. The van der Waals surface area contributed by atoms with Gasteiger partial charge in [0.2, 0.25) is 0 Å². The van der Waals surface area contributed by atoms with Crippen LogP contribution >= 0.6 is 0 Å². The van der Waals surface area contributed by atoms with Crippen LogP contribution in [0, 0.1) is 0 Å². The molecule has 1 heterocycles. The molecule has 3 rings (SSSR count). The molecule has 0 fully saturated rings. The average Bonchev–Trinajstić information content (AvgIpc) is 2.65. The first-order valence-electron chi connectivity index (χ1n) is 9.04. The highest BCUT2D eigenvalue weighted by molar-refractivity contribution is 7.90. The van der Waals surface area contributed by atoms with Gasteiger partial charge in [0, 0.05) is 19.3 Å². The van der Waals surface area contributed by atoms with E-state index in [2.05, 4.69) is 5.32 Å². The molecule has 29 heavy (non-hydrogen) atoms. The second-order valence-electron chi connectivity index (χ2n) is 7.06. The van der Waals surface area contributed by atoms with Gasteiger partial charge in [-0.3, -0.25) is 0 Å². The third-order valence-corrected chi connectivity index (χ3v) is 5.45. The van der Waals surface area contributed by atoms with Crippen LogP contribution in [-0.2, 0) is 16.4 Å². The predicted molar refractivity (Wildman–Crippen MR) is 103 cm³/mol. The Labute approximate surface area is 167 Å². The molecule has 0 spiro atoms. The van der Waals surface area contributed by atoms with Crippen LogP contribution in [0.25, 0.3) is 0 Å². The number of halogens is 3. The first-order chi connectivity index (χ1) is 13.6. The van der Waals surface area contributed by atoms with Crippen molar-refractivity contribution in [2.75, 3.05) is 25.2 Å². The maximum Gasteiger partial charge on any atom is 0.396 e. The quantitative estimate of drug-likeness (QED) is 0.732. The van der Waals surface area contributed by atoms with Gasteiger partial charge in [0.25, 0.3) is 0 Å². The van der Waals surface area contributed by atoms with Crippen molar-refractivity contribution in [1.29, 1.82) is 0 Å². The molecule has 0 aliphatic carbocycles. The predicted octanol–water partition coefficient (Wildman–Crippen LogP) is 3.31. The van der Waals surface area contributed by atoms with E-state index in [1.807, 2.05) is 24.3 Å². The minimum Gasteiger partial charge on any atom is -0.486 e. The van der Waals surface area contributed by atoms with Gasteiger partial charge in [-0.1, -0.05) is 36.4 Å². The van der Waals surface area contributed by atoms with Crippen molar-refractivity contribution in [3.63, 3.8) is 0 Å². The summed E-state index contributed by atoms with van der Waals surface area (Å²) in [6, 6.07) is 13.2. The van der Waals surface area contributed by atoms with Gasteiger partial charge in [0.05, 0.1) is 11.7 Å². The van der Waals surface area contributed by atoms with Crippen LogP contribution in [0.15, 0.2) is 48.5 Å². The van der Waals surface area contributed by atoms with Crippen molar-refractivity contribution in [3.05, 3.63) is 59.7 Å². The van der Waals surface area contributed by atoms with E-state index in [0.29, 0.717) is 31.2 Å². The normalized spacial score (nSPS) is 17.7. The molecule has 1 N–H and O–H groups in total. The van der Waals surface area contributed by atoms with Gasteiger partial charge in [-0.05, 0) is 23.3 Å². The Hall–Kier alpha value is -2.26. The number of benzene rings is 2. The first kappa shape index (κ1) is 21.4. The minimum absolute atomic E-state index is 0.0627. The Bertz CT molecular complexity index is 929. The number of rotatable bonds is 7. The summed E-state index contributed by atoms with van der Waals surface area (Å²) in [7, 11) is -3.77. The lowest BCUT2D eigenvalue weighted by molar-refractivity contribution is -0.145. The summed E-state index contributed by atoms with van der Waals surface area (Å²) in [5.41, 5.74) is 0.721. The van der Waals surface area contributed by atoms with Crippen molar-refractivity contribution in [2.24, 2.45) is 0 Å². The van der Waals surface area contributed by atoms with E-state index in [1.165, 1.54) is 12.1 Å². The lowest BCUT2D eigenvalue weighted by atomic mass is 9.99. The molecule has 158 valence electrons. The molecule has 0 radical (unpaired) electrons. The van der Waals surface area contributed by atoms with Crippen LogP contribution < -0.4 is 14.8 Å². The Balaban J connectivity index is 1.55. The molecular formula is C20H22F3NO4S. The fourth-order valence-electron chi connectivity index (χ4n) is 3.09. The smallest absolute Gasteiger partial charge is 0.396 e. The Kier molecular flexibility index (Phi) is 6.38. The third-order valence-electron chi connectivity index (χ3n) is 4.52. The molecule has 9 heteroatoms. The van der Waals surface area contributed by atoms with Gasteiger partial charge < -0.3 is 14.8 Å². The molecule has 1 aliphatic heterocycles. The van der Waals surface area contributed by atoms with Crippen LogP contribution in [-0.4, -0.2) is 45.9 Å². The van der Waals surface area contributed by atoms with Gasteiger partial charge >= 0.3 is 6.18 Å². The van der Waals surface area contributed by atoms with E-state index in [1.54, 1.807) is 12.1 Å². The summed E-state index contributed by atoms with van der Waals surface area (Å²) in [5, 5.41) is 3.20. The summed E-state index contributed by atoms with van der Waals surface area (Å²) in [5.74, 6) is -1.62. The molecule has 2 aromatic carbocycles. The Morgan fingerprint density at radius 2 is 1.76 bits per heavy atom. The summed E-state index contributed by atoms with van der Waals surface area (Å²) < 4.78 is 73.9. The van der Waals surface area contributed by atoms with Crippen LogP contribution in [0.5, 0.6) is 11.5 Å². The van der Waals surface area contributed by atoms with E-state index < -0.39 is 27.7 Å². The van der Waals surface area contributed by atoms with E-state index >= 15 is 0 Å². The highest BCUT2D eigenvalue weighted by Crippen LogP contribution is 2.36. The zero-order valence-electron chi connectivity index (χ0n) is 15.8. The summed E-state index contributed by atoms with van der Waals surface area (Å²) in [6.45, 7) is 1.35. The maximum atomic E-state index is 13.2.